The fourth-order valence-electron chi connectivity index (χ4n) is 1.38. The largest absolute Gasteiger partial charge is 0.394 e. The van der Waals surface area contributed by atoms with E-state index in [4.69, 9.17) is 51.1 Å². The average molecular weight is 390 g/mol. The maximum atomic E-state index is 10.3. The van der Waals surface area contributed by atoms with Crippen LogP contribution < -0.4 is 11.5 Å². The van der Waals surface area contributed by atoms with Crippen molar-refractivity contribution in [2.75, 3.05) is 13.2 Å². The number of primary amides is 2. The Labute approximate surface area is 147 Å². The van der Waals surface area contributed by atoms with Crippen molar-refractivity contribution >= 4 is 11.8 Å². The molecular weight excluding hydrogens is 364 g/mol. The van der Waals surface area contributed by atoms with Crippen molar-refractivity contribution in [2.45, 2.75) is 48.8 Å². The van der Waals surface area contributed by atoms with Gasteiger partial charge in [0.1, 0.15) is 36.6 Å². The molecular formula is C12H26N2O12. The number of aliphatic hydroxyl groups is 10. The molecule has 0 rings (SSSR count). The summed E-state index contributed by atoms with van der Waals surface area (Å²) in [6.45, 7) is -1.60. The molecule has 0 radical (unpaired) electrons. The van der Waals surface area contributed by atoms with Crippen LogP contribution in [-0.2, 0) is 9.59 Å². The van der Waals surface area contributed by atoms with Gasteiger partial charge in [-0.15, -0.1) is 0 Å². The molecule has 14 nitrogen and oxygen atoms in total. The molecule has 0 fully saturated rings. The van der Waals surface area contributed by atoms with Gasteiger partial charge < -0.3 is 62.5 Å². The Morgan fingerprint density at radius 3 is 0.962 bits per heavy atom. The first-order valence-corrected chi connectivity index (χ1v) is 7.08. The summed E-state index contributed by atoms with van der Waals surface area (Å²) < 4.78 is 0. The Hall–Kier alpha value is -1.46. The third-order valence-corrected chi connectivity index (χ3v) is 3.09. The minimum absolute atomic E-state index is 0.802. The number of amides is 2. The second-order valence-corrected chi connectivity index (χ2v) is 5.16. The number of hydrogen-bond acceptors (Lipinski definition) is 12. The van der Waals surface area contributed by atoms with E-state index in [0.717, 1.165) is 0 Å². The fraction of sp³-hybridized carbons (Fsp3) is 0.833. The van der Waals surface area contributed by atoms with Gasteiger partial charge in [0.15, 0.2) is 12.2 Å². The van der Waals surface area contributed by atoms with Crippen molar-refractivity contribution < 1.29 is 60.7 Å². The lowest BCUT2D eigenvalue weighted by molar-refractivity contribution is -0.146. The summed E-state index contributed by atoms with van der Waals surface area (Å²) >= 11 is 0. The molecule has 0 aromatic carbocycles. The molecule has 26 heavy (non-hydrogen) atoms. The Morgan fingerprint density at radius 1 is 0.577 bits per heavy atom. The Bertz CT molecular complexity index is 387. The van der Waals surface area contributed by atoms with Gasteiger partial charge in [-0.25, -0.2) is 0 Å². The van der Waals surface area contributed by atoms with Gasteiger partial charge in [0.2, 0.25) is 11.8 Å². The van der Waals surface area contributed by atoms with Crippen molar-refractivity contribution in [3.8, 4) is 0 Å². The van der Waals surface area contributed by atoms with Crippen LogP contribution in [0.5, 0.6) is 0 Å². The molecule has 0 heterocycles. The number of aliphatic hydroxyl groups excluding tert-OH is 10. The molecule has 0 bridgehead atoms. The molecule has 0 aliphatic rings. The summed E-state index contributed by atoms with van der Waals surface area (Å²) in [5.74, 6) is -2.45. The molecule has 0 aromatic heterocycles. The van der Waals surface area contributed by atoms with Crippen LogP contribution in [0, 0.1) is 0 Å². The second-order valence-electron chi connectivity index (χ2n) is 5.16. The zero-order valence-corrected chi connectivity index (χ0v) is 13.5. The summed E-state index contributed by atoms with van der Waals surface area (Å²) in [5.41, 5.74) is 9.22. The highest BCUT2D eigenvalue weighted by Crippen LogP contribution is 2.05. The van der Waals surface area contributed by atoms with Crippen LogP contribution >= 0.6 is 0 Å². The van der Waals surface area contributed by atoms with Crippen LogP contribution in [-0.4, -0.2) is 125 Å². The molecule has 0 spiro atoms. The van der Waals surface area contributed by atoms with Crippen LogP contribution in [0.3, 0.4) is 0 Å². The van der Waals surface area contributed by atoms with E-state index in [0.29, 0.717) is 0 Å². The summed E-state index contributed by atoms with van der Waals surface area (Å²) in [6.07, 6.45) is -14.7. The Kier molecular flexibility index (Phi) is 13.2. The van der Waals surface area contributed by atoms with E-state index in [1.807, 2.05) is 0 Å². The first kappa shape index (κ1) is 26.8. The predicted molar refractivity (Wildman–Crippen MR) is 80.6 cm³/mol. The molecule has 8 atom stereocenters. The van der Waals surface area contributed by atoms with Crippen LogP contribution in [0.15, 0.2) is 0 Å². The number of carbonyl (C=O) groups is 2. The Balaban J connectivity index is 0. The van der Waals surface area contributed by atoms with E-state index < -0.39 is 73.9 Å². The lowest BCUT2D eigenvalue weighted by Crippen LogP contribution is -2.50. The van der Waals surface area contributed by atoms with Crippen LogP contribution in [0.2, 0.25) is 0 Å². The number of hydrogen-bond donors (Lipinski definition) is 12. The van der Waals surface area contributed by atoms with Gasteiger partial charge in [0.05, 0.1) is 13.2 Å². The van der Waals surface area contributed by atoms with Crippen molar-refractivity contribution in [1.82, 2.24) is 0 Å². The van der Waals surface area contributed by atoms with Crippen molar-refractivity contribution in [3.05, 3.63) is 0 Å². The van der Waals surface area contributed by atoms with Crippen LogP contribution in [0.25, 0.3) is 0 Å². The van der Waals surface area contributed by atoms with Gasteiger partial charge in [0, 0.05) is 0 Å². The average Bonchev–Trinajstić information content (AvgIpc) is 2.62. The minimum Gasteiger partial charge on any atom is -0.394 e. The molecule has 0 aromatic rings. The quantitative estimate of drug-likeness (QED) is 0.165. The standard InChI is InChI=1S/2C6H13NO6/c2*7-6(13)5(12)4(11)3(10)2(9)1-8/h2*2-5,8-12H,1H2,(H2,7,13)/t2-,3+,4+,5-;2-,3-,4+,5-/m11/s1. The van der Waals surface area contributed by atoms with E-state index in [1.54, 1.807) is 0 Å². The number of nitrogens with two attached hydrogens (primary N) is 2. The molecule has 156 valence electrons. The van der Waals surface area contributed by atoms with E-state index in [9.17, 15) is 9.59 Å². The van der Waals surface area contributed by atoms with Crippen molar-refractivity contribution in [1.29, 1.82) is 0 Å². The van der Waals surface area contributed by atoms with E-state index in [-0.39, 0.29) is 0 Å². The first-order valence-electron chi connectivity index (χ1n) is 7.08. The normalized spacial score (nSPS) is 20.4. The third kappa shape index (κ3) is 8.77. The zero-order valence-electron chi connectivity index (χ0n) is 13.5. The maximum absolute atomic E-state index is 10.3. The minimum atomic E-state index is -1.98. The molecule has 0 aliphatic heterocycles. The third-order valence-electron chi connectivity index (χ3n) is 3.09. The first-order chi connectivity index (χ1) is 11.8. The van der Waals surface area contributed by atoms with Gasteiger partial charge >= 0.3 is 0 Å². The van der Waals surface area contributed by atoms with E-state index in [1.165, 1.54) is 0 Å². The number of carbonyl (C=O) groups excluding carboxylic acids is 2. The van der Waals surface area contributed by atoms with Crippen molar-refractivity contribution in [3.63, 3.8) is 0 Å². The summed E-state index contributed by atoms with van der Waals surface area (Å²) in [5, 5.41) is 87.9. The fourth-order valence-corrected chi connectivity index (χ4v) is 1.38. The Morgan fingerprint density at radius 2 is 0.808 bits per heavy atom. The van der Waals surface area contributed by atoms with Crippen LogP contribution in [0.1, 0.15) is 0 Å². The second kappa shape index (κ2) is 12.8. The molecule has 0 saturated carbocycles. The lowest BCUT2D eigenvalue weighted by atomic mass is 10.0. The topological polar surface area (TPSA) is 288 Å². The van der Waals surface area contributed by atoms with Gasteiger partial charge in [-0.3, -0.25) is 9.59 Å². The van der Waals surface area contributed by atoms with Gasteiger partial charge in [-0.1, -0.05) is 0 Å². The molecule has 14 N–H and O–H groups in total. The maximum Gasteiger partial charge on any atom is 0.249 e. The van der Waals surface area contributed by atoms with Gasteiger partial charge in [-0.2, -0.15) is 0 Å². The summed E-state index contributed by atoms with van der Waals surface area (Å²) in [4.78, 5) is 20.6. The smallest absolute Gasteiger partial charge is 0.249 e. The number of rotatable bonds is 10. The summed E-state index contributed by atoms with van der Waals surface area (Å²) in [6, 6.07) is 0. The van der Waals surface area contributed by atoms with Crippen LogP contribution in [0.4, 0.5) is 0 Å². The monoisotopic (exact) mass is 390 g/mol. The lowest BCUT2D eigenvalue weighted by Gasteiger charge is -2.23. The zero-order chi connectivity index (χ0) is 21.2. The van der Waals surface area contributed by atoms with Crippen molar-refractivity contribution in [2.24, 2.45) is 11.5 Å². The molecule has 2 amide bonds. The van der Waals surface area contributed by atoms with E-state index in [2.05, 4.69) is 11.5 Å². The predicted octanol–water partition coefficient (Wildman–Crippen LogP) is -8.18. The molecule has 0 aliphatic carbocycles. The molecule has 0 saturated heterocycles. The molecule has 0 unspecified atom stereocenters. The molecule has 14 heteroatoms. The van der Waals surface area contributed by atoms with Gasteiger partial charge in [0.25, 0.3) is 0 Å². The highest BCUT2D eigenvalue weighted by Gasteiger charge is 2.33. The highest BCUT2D eigenvalue weighted by atomic mass is 16.4. The van der Waals surface area contributed by atoms with Gasteiger partial charge in [-0.05, 0) is 0 Å². The van der Waals surface area contributed by atoms with E-state index >= 15 is 0 Å². The SMILES string of the molecule is NC(=O)[C@H](O)[C@@H](O)[C@@H](O)[C@H](O)CO.NC(=O)[C@H](O)[C@@H](O)[C@H](O)[C@H](O)CO. The summed E-state index contributed by atoms with van der Waals surface area (Å²) in [7, 11) is 0. The highest BCUT2D eigenvalue weighted by molar-refractivity contribution is 5.79.